The smallest absolute Gasteiger partial charge is 0.0669 e. The van der Waals surface area contributed by atoms with E-state index in [1.165, 1.54) is 25.7 Å². The molecular formula is C11H19N3. The van der Waals surface area contributed by atoms with Gasteiger partial charge in [-0.25, -0.2) is 0 Å². The molecule has 0 radical (unpaired) electrons. The van der Waals surface area contributed by atoms with Gasteiger partial charge in [0.1, 0.15) is 0 Å². The Balaban J connectivity index is 2.12. The highest BCUT2D eigenvalue weighted by Gasteiger charge is 2.25. The molecule has 1 heterocycles. The van der Waals surface area contributed by atoms with Crippen LogP contribution in [0.3, 0.4) is 0 Å². The number of aryl methyl sites for hydroxylation is 1. The highest BCUT2D eigenvalue weighted by molar-refractivity contribution is 4.97. The van der Waals surface area contributed by atoms with E-state index in [2.05, 4.69) is 22.0 Å². The van der Waals surface area contributed by atoms with Crippen molar-refractivity contribution in [1.82, 2.24) is 9.78 Å². The quantitative estimate of drug-likeness (QED) is 0.796. The minimum atomic E-state index is 0.422. The van der Waals surface area contributed by atoms with Crippen molar-refractivity contribution in [3.05, 3.63) is 18.0 Å². The molecule has 14 heavy (non-hydrogen) atoms. The second kappa shape index (κ2) is 4.13. The van der Waals surface area contributed by atoms with E-state index >= 15 is 0 Å². The van der Waals surface area contributed by atoms with E-state index in [9.17, 15) is 0 Å². The highest BCUT2D eigenvalue weighted by Crippen LogP contribution is 2.33. The summed E-state index contributed by atoms with van der Waals surface area (Å²) in [5.74, 6) is 0.749. The molecule has 0 aromatic carbocycles. The summed E-state index contributed by atoms with van der Waals surface area (Å²) < 4.78 is 2.06. The van der Waals surface area contributed by atoms with Gasteiger partial charge in [-0.15, -0.1) is 0 Å². The molecule has 2 N–H and O–H groups in total. The van der Waals surface area contributed by atoms with Crippen molar-refractivity contribution in [2.45, 2.75) is 38.6 Å². The molecule has 3 heteroatoms. The number of rotatable bonds is 3. The summed E-state index contributed by atoms with van der Waals surface area (Å²) in [6.45, 7) is 2.74. The summed E-state index contributed by atoms with van der Waals surface area (Å²) in [6.07, 6.45) is 7.43. The average molecular weight is 193 g/mol. The summed E-state index contributed by atoms with van der Waals surface area (Å²) in [5, 5.41) is 4.46. The summed E-state index contributed by atoms with van der Waals surface area (Å²) in [5.41, 5.74) is 6.92. The third kappa shape index (κ3) is 1.82. The van der Waals surface area contributed by atoms with E-state index < -0.39 is 0 Å². The molecule has 1 atom stereocenters. The first kappa shape index (κ1) is 9.71. The van der Waals surface area contributed by atoms with Crippen molar-refractivity contribution < 1.29 is 0 Å². The van der Waals surface area contributed by atoms with Crippen LogP contribution in [0, 0.1) is 12.8 Å². The van der Waals surface area contributed by atoms with Gasteiger partial charge in [0.05, 0.1) is 11.7 Å². The zero-order chi connectivity index (χ0) is 9.97. The second-order valence-electron chi connectivity index (χ2n) is 4.28. The molecule has 0 saturated heterocycles. The summed E-state index contributed by atoms with van der Waals surface area (Å²) in [4.78, 5) is 0. The van der Waals surface area contributed by atoms with Crippen molar-refractivity contribution in [3.8, 4) is 0 Å². The molecule has 2 rings (SSSR count). The maximum absolute atomic E-state index is 5.83. The van der Waals surface area contributed by atoms with Crippen molar-refractivity contribution >= 4 is 0 Å². The van der Waals surface area contributed by atoms with Gasteiger partial charge in [0.15, 0.2) is 0 Å². The Hall–Kier alpha value is -0.830. The van der Waals surface area contributed by atoms with Gasteiger partial charge in [-0.1, -0.05) is 12.8 Å². The molecular weight excluding hydrogens is 174 g/mol. The molecule has 0 bridgehead atoms. The Morgan fingerprint density at radius 1 is 1.57 bits per heavy atom. The average Bonchev–Trinajstić information content (AvgIpc) is 2.79. The second-order valence-corrected chi connectivity index (χ2v) is 4.28. The Kier molecular flexibility index (Phi) is 2.87. The van der Waals surface area contributed by atoms with E-state index in [4.69, 9.17) is 5.73 Å². The molecule has 78 valence electrons. The third-order valence-electron chi connectivity index (χ3n) is 3.27. The first-order valence-electron chi connectivity index (χ1n) is 5.53. The molecule has 1 aliphatic rings. The first-order chi connectivity index (χ1) is 6.81. The fraction of sp³-hybridized carbons (Fsp3) is 0.727. The lowest BCUT2D eigenvalue weighted by Crippen LogP contribution is -2.26. The number of nitrogens with zero attached hydrogens (tertiary/aromatic N) is 2. The molecule has 1 aromatic heterocycles. The lowest BCUT2D eigenvalue weighted by atomic mass is 9.98. The standard InChI is InChI=1S/C11H19N3/c1-9-6-7-14(13-9)11(8-12)10-4-2-3-5-10/h6-7,10-11H,2-5,8,12H2,1H3. The molecule has 1 saturated carbocycles. The van der Waals surface area contributed by atoms with Crippen molar-refractivity contribution in [2.24, 2.45) is 11.7 Å². The highest BCUT2D eigenvalue weighted by atomic mass is 15.3. The SMILES string of the molecule is Cc1ccn(C(CN)C2CCCC2)n1. The molecule has 0 spiro atoms. The van der Waals surface area contributed by atoms with E-state index in [1.54, 1.807) is 0 Å². The van der Waals surface area contributed by atoms with E-state index in [1.807, 2.05) is 6.92 Å². The van der Waals surface area contributed by atoms with Gasteiger partial charge in [0.2, 0.25) is 0 Å². The first-order valence-corrected chi connectivity index (χ1v) is 5.53. The van der Waals surface area contributed by atoms with Crippen LogP contribution in [-0.2, 0) is 0 Å². The fourth-order valence-corrected chi connectivity index (χ4v) is 2.48. The monoisotopic (exact) mass is 193 g/mol. The Morgan fingerprint density at radius 3 is 2.79 bits per heavy atom. The largest absolute Gasteiger partial charge is 0.328 e. The Bertz CT molecular complexity index is 286. The van der Waals surface area contributed by atoms with Gasteiger partial charge in [0, 0.05) is 12.7 Å². The van der Waals surface area contributed by atoms with Crippen LogP contribution in [0.4, 0.5) is 0 Å². The van der Waals surface area contributed by atoms with Crippen molar-refractivity contribution in [3.63, 3.8) is 0 Å². The van der Waals surface area contributed by atoms with Crippen molar-refractivity contribution in [1.29, 1.82) is 0 Å². The maximum atomic E-state index is 5.83. The molecule has 1 unspecified atom stereocenters. The number of aromatic nitrogens is 2. The summed E-state index contributed by atoms with van der Waals surface area (Å²) in [7, 11) is 0. The van der Waals surface area contributed by atoms with Gasteiger partial charge in [0.25, 0.3) is 0 Å². The number of hydrogen-bond acceptors (Lipinski definition) is 2. The molecule has 0 aliphatic heterocycles. The normalized spacial score (nSPS) is 20.1. The van der Waals surface area contributed by atoms with Gasteiger partial charge in [-0.2, -0.15) is 5.10 Å². The van der Waals surface area contributed by atoms with Crippen LogP contribution in [0.25, 0.3) is 0 Å². The van der Waals surface area contributed by atoms with Crippen LogP contribution < -0.4 is 5.73 Å². The van der Waals surface area contributed by atoms with Gasteiger partial charge in [-0.3, -0.25) is 4.68 Å². The fourth-order valence-electron chi connectivity index (χ4n) is 2.48. The predicted octanol–water partition coefficient (Wildman–Crippen LogP) is 1.88. The van der Waals surface area contributed by atoms with Crippen LogP contribution in [-0.4, -0.2) is 16.3 Å². The zero-order valence-electron chi connectivity index (χ0n) is 8.82. The lowest BCUT2D eigenvalue weighted by Gasteiger charge is -2.22. The van der Waals surface area contributed by atoms with Crippen LogP contribution in [0.5, 0.6) is 0 Å². The van der Waals surface area contributed by atoms with Crippen LogP contribution in [0.2, 0.25) is 0 Å². The summed E-state index contributed by atoms with van der Waals surface area (Å²) >= 11 is 0. The number of hydrogen-bond donors (Lipinski definition) is 1. The maximum Gasteiger partial charge on any atom is 0.0669 e. The Labute approximate surface area is 85.3 Å². The van der Waals surface area contributed by atoms with Crippen LogP contribution in [0.15, 0.2) is 12.3 Å². The van der Waals surface area contributed by atoms with Crippen LogP contribution >= 0.6 is 0 Å². The van der Waals surface area contributed by atoms with Gasteiger partial charge in [-0.05, 0) is 31.7 Å². The molecule has 1 fully saturated rings. The Morgan fingerprint density at radius 2 is 2.29 bits per heavy atom. The third-order valence-corrected chi connectivity index (χ3v) is 3.27. The minimum Gasteiger partial charge on any atom is -0.328 e. The van der Waals surface area contributed by atoms with E-state index in [0.29, 0.717) is 12.6 Å². The molecule has 1 aromatic rings. The molecule has 3 nitrogen and oxygen atoms in total. The predicted molar refractivity (Wildman–Crippen MR) is 57.0 cm³/mol. The lowest BCUT2D eigenvalue weighted by molar-refractivity contribution is 0.316. The molecule has 0 amide bonds. The van der Waals surface area contributed by atoms with Gasteiger partial charge < -0.3 is 5.73 Å². The minimum absolute atomic E-state index is 0.422. The van der Waals surface area contributed by atoms with E-state index in [0.717, 1.165) is 11.6 Å². The van der Waals surface area contributed by atoms with Crippen molar-refractivity contribution in [2.75, 3.05) is 6.54 Å². The topological polar surface area (TPSA) is 43.8 Å². The van der Waals surface area contributed by atoms with Gasteiger partial charge >= 0.3 is 0 Å². The number of nitrogens with two attached hydrogens (primary N) is 1. The van der Waals surface area contributed by atoms with Crippen LogP contribution in [0.1, 0.15) is 37.4 Å². The van der Waals surface area contributed by atoms with E-state index in [-0.39, 0.29) is 0 Å². The summed E-state index contributed by atoms with van der Waals surface area (Å²) in [6, 6.07) is 2.48. The zero-order valence-corrected chi connectivity index (χ0v) is 8.82. The molecule has 1 aliphatic carbocycles.